The van der Waals surface area contributed by atoms with Gasteiger partial charge in [0.1, 0.15) is 11.6 Å². The molecule has 1 aromatic carbocycles. The first-order valence-electron chi connectivity index (χ1n) is 12.9. The van der Waals surface area contributed by atoms with E-state index < -0.39 is 0 Å². The number of hydrogen-bond acceptors (Lipinski definition) is 3. The molecule has 3 heteroatoms. The number of pyridine rings is 1. The number of aromatic nitrogens is 1. The Morgan fingerprint density at radius 3 is 2.09 bits per heavy atom. The van der Waals surface area contributed by atoms with Gasteiger partial charge in [-0.3, -0.25) is 0 Å². The molecule has 0 aliphatic carbocycles. The maximum Gasteiger partial charge on any atom is 0.136 e. The first-order valence-corrected chi connectivity index (χ1v) is 12.9. The highest BCUT2D eigenvalue weighted by Crippen LogP contribution is 2.46. The van der Waals surface area contributed by atoms with Gasteiger partial charge in [-0.1, -0.05) is 59.4 Å². The van der Waals surface area contributed by atoms with Gasteiger partial charge in [-0.2, -0.15) is 0 Å². The van der Waals surface area contributed by atoms with Crippen LogP contribution in [0.25, 0.3) is 5.70 Å². The van der Waals surface area contributed by atoms with Crippen molar-refractivity contribution >= 4 is 11.5 Å². The van der Waals surface area contributed by atoms with Crippen LogP contribution in [-0.2, 0) is 0 Å². The number of nitrogens with zero attached hydrogens (tertiary/aromatic N) is 2. The van der Waals surface area contributed by atoms with Crippen LogP contribution in [0.4, 0.5) is 5.82 Å². The van der Waals surface area contributed by atoms with Gasteiger partial charge in [0, 0.05) is 6.20 Å². The molecule has 1 aromatic heterocycles. The largest absolute Gasteiger partial charge is 0.497 e. The summed E-state index contributed by atoms with van der Waals surface area (Å²) in [6.45, 7) is 11.4. The fourth-order valence-electron chi connectivity index (χ4n) is 5.28. The van der Waals surface area contributed by atoms with Crippen LogP contribution in [0.2, 0.25) is 0 Å². The molecule has 0 saturated carbocycles. The summed E-state index contributed by atoms with van der Waals surface area (Å²) >= 11 is 0. The van der Waals surface area contributed by atoms with Gasteiger partial charge in [0.05, 0.1) is 18.8 Å². The van der Waals surface area contributed by atoms with E-state index in [1.807, 2.05) is 12.3 Å². The number of aryl methyl sites for hydroxylation is 1. The Morgan fingerprint density at radius 2 is 1.52 bits per heavy atom. The molecule has 1 atom stereocenters. The van der Waals surface area contributed by atoms with E-state index >= 15 is 0 Å². The van der Waals surface area contributed by atoms with Crippen molar-refractivity contribution in [1.29, 1.82) is 0 Å². The number of allylic oxidation sites excluding steroid dienone is 2. The van der Waals surface area contributed by atoms with Crippen molar-refractivity contribution in [3.05, 3.63) is 70.4 Å². The molecule has 0 fully saturated rings. The third-order valence-corrected chi connectivity index (χ3v) is 6.65. The lowest BCUT2D eigenvalue weighted by molar-refractivity contribution is 0.415. The molecule has 2 aromatic rings. The quantitative estimate of drug-likeness (QED) is 0.346. The molecule has 3 rings (SSSR count). The zero-order valence-electron chi connectivity index (χ0n) is 21.6. The van der Waals surface area contributed by atoms with Crippen molar-refractivity contribution in [2.45, 2.75) is 92.0 Å². The Morgan fingerprint density at radius 1 is 0.848 bits per heavy atom. The van der Waals surface area contributed by atoms with Crippen LogP contribution in [0.1, 0.15) is 90.2 Å². The number of methoxy groups -OCH3 is 1. The van der Waals surface area contributed by atoms with Crippen molar-refractivity contribution in [2.75, 3.05) is 12.0 Å². The summed E-state index contributed by atoms with van der Waals surface area (Å²) < 4.78 is 5.48. The van der Waals surface area contributed by atoms with Crippen molar-refractivity contribution in [3.8, 4) is 5.75 Å². The predicted octanol–water partition coefficient (Wildman–Crippen LogP) is 8.50. The number of benzene rings is 1. The van der Waals surface area contributed by atoms with Gasteiger partial charge in [0.15, 0.2) is 0 Å². The van der Waals surface area contributed by atoms with E-state index in [0.717, 1.165) is 50.1 Å². The molecule has 2 heterocycles. The van der Waals surface area contributed by atoms with E-state index in [2.05, 4.69) is 69.9 Å². The van der Waals surface area contributed by atoms with Gasteiger partial charge in [0.2, 0.25) is 0 Å². The second-order valence-electron chi connectivity index (χ2n) is 9.13. The van der Waals surface area contributed by atoms with Gasteiger partial charge < -0.3 is 9.64 Å². The first-order chi connectivity index (χ1) is 16.1. The molecule has 1 aliphatic heterocycles. The lowest BCUT2D eigenvalue weighted by Crippen LogP contribution is -2.41. The van der Waals surface area contributed by atoms with Crippen LogP contribution in [-0.4, -0.2) is 18.1 Å². The fourth-order valence-corrected chi connectivity index (χ4v) is 5.28. The molecule has 0 spiro atoms. The standard InChI is InChI=1S/C30H42N2O/c1-7-12-25-26(13-8-2)28(15-10-4)32(30-22(5)16-11-21-31-30)29(27(25)14-9-3)23-17-19-24(33-6)20-18-23/h11,16-21,28H,7-10,12-15H2,1-6H3. The summed E-state index contributed by atoms with van der Waals surface area (Å²) in [5, 5.41) is 0. The van der Waals surface area contributed by atoms with Crippen LogP contribution >= 0.6 is 0 Å². The highest BCUT2D eigenvalue weighted by Gasteiger charge is 2.36. The topological polar surface area (TPSA) is 25.4 Å². The van der Waals surface area contributed by atoms with E-state index in [1.165, 1.54) is 35.2 Å². The molecular formula is C30H42N2O. The molecule has 178 valence electrons. The van der Waals surface area contributed by atoms with E-state index in [1.54, 1.807) is 18.3 Å². The van der Waals surface area contributed by atoms with Gasteiger partial charge in [-0.05, 0) is 90.8 Å². The van der Waals surface area contributed by atoms with Gasteiger partial charge in [0.25, 0.3) is 0 Å². The van der Waals surface area contributed by atoms with Crippen LogP contribution in [0, 0.1) is 6.92 Å². The van der Waals surface area contributed by atoms with Crippen molar-refractivity contribution in [3.63, 3.8) is 0 Å². The van der Waals surface area contributed by atoms with E-state index in [9.17, 15) is 0 Å². The predicted molar refractivity (Wildman–Crippen MR) is 142 cm³/mol. The van der Waals surface area contributed by atoms with Crippen molar-refractivity contribution in [1.82, 2.24) is 4.98 Å². The third-order valence-electron chi connectivity index (χ3n) is 6.65. The number of ether oxygens (including phenoxy) is 1. The minimum Gasteiger partial charge on any atom is -0.497 e. The van der Waals surface area contributed by atoms with Gasteiger partial charge in [-0.25, -0.2) is 4.98 Å². The zero-order chi connectivity index (χ0) is 23.8. The smallest absolute Gasteiger partial charge is 0.136 e. The Kier molecular flexibility index (Phi) is 9.17. The maximum atomic E-state index is 5.48. The number of rotatable bonds is 11. The molecule has 0 N–H and O–H groups in total. The second kappa shape index (κ2) is 12.1. The average Bonchev–Trinajstić information content (AvgIpc) is 2.83. The lowest BCUT2D eigenvalue weighted by Gasteiger charge is -2.44. The van der Waals surface area contributed by atoms with Crippen LogP contribution in [0.5, 0.6) is 5.75 Å². The Bertz CT molecular complexity index is 971. The lowest BCUT2D eigenvalue weighted by atomic mass is 9.79. The van der Waals surface area contributed by atoms with Gasteiger partial charge >= 0.3 is 0 Å². The Labute approximate surface area is 201 Å². The first kappa shape index (κ1) is 25.1. The maximum absolute atomic E-state index is 5.48. The number of anilines is 1. The fraction of sp³-hybridized carbons (Fsp3) is 0.500. The molecule has 0 saturated heterocycles. The monoisotopic (exact) mass is 446 g/mol. The molecule has 33 heavy (non-hydrogen) atoms. The Balaban J connectivity index is 2.38. The highest BCUT2D eigenvalue weighted by atomic mass is 16.5. The highest BCUT2D eigenvalue weighted by molar-refractivity contribution is 5.87. The average molecular weight is 447 g/mol. The van der Waals surface area contributed by atoms with Crippen molar-refractivity contribution in [2.24, 2.45) is 0 Å². The summed E-state index contributed by atoms with van der Waals surface area (Å²) in [5.74, 6) is 1.99. The van der Waals surface area contributed by atoms with E-state index in [0.29, 0.717) is 6.04 Å². The molecule has 1 unspecified atom stereocenters. The normalized spacial score (nSPS) is 16.5. The molecule has 0 bridgehead atoms. The molecule has 3 nitrogen and oxygen atoms in total. The van der Waals surface area contributed by atoms with Gasteiger partial charge in [-0.15, -0.1) is 0 Å². The summed E-state index contributed by atoms with van der Waals surface area (Å²) in [5.41, 5.74) is 8.63. The van der Waals surface area contributed by atoms with E-state index in [-0.39, 0.29) is 0 Å². The summed E-state index contributed by atoms with van der Waals surface area (Å²) in [7, 11) is 1.73. The molecular weight excluding hydrogens is 404 g/mol. The molecule has 0 radical (unpaired) electrons. The van der Waals surface area contributed by atoms with Crippen LogP contribution in [0.15, 0.2) is 59.3 Å². The van der Waals surface area contributed by atoms with Crippen molar-refractivity contribution < 1.29 is 4.74 Å². The second-order valence-corrected chi connectivity index (χ2v) is 9.13. The number of hydrogen-bond donors (Lipinski definition) is 0. The summed E-state index contributed by atoms with van der Waals surface area (Å²) in [4.78, 5) is 7.54. The SMILES string of the molecule is CCCC1=C(CCC)C(CCC)N(c2ncccc2C)C(c2ccc(OC)cc2)=C1CCC. The molecule has 1 aliphatic rings. The van der Waals surface area contributed by atoms with E-state index in [4.69, 9.17) is 9.72 Å². The third kappa shape index (κ3) is 5.34. The summed E-state index contributed by atoms with van der Waals surface area (Å²) in [6, 6.07) is 13.2. The minimum atomic E-state index is 0.350. The molecule has 0 amide bonds. The minimum absolute atomic E-state index is 0.350. The Hall–Kier alpha value is -2.55. The summed E-state index contributed by atoms with van der Waals surface area (Å²) in [6.07, 6.45) is 11.1. The van der Waals surface area contributed by atoms with Crippen LogP contribution in [0.3, 0.4) is 0 Å². The van der Waals surface area contributed by atoms with Crippen LogP contribution < -0.4 is 9.64 Å². The zero-order valence-corrected chi connectivity index (χ0v) is 21.6.